The number of rotatable bonds is 4. The van der Waals surface area contributed by atoms with E-state index >= 15 is 0 Å². The number of carbonyl (C=O) groups excluding carboxylic acids is 1. The molecule has 1 amide bonds. The van der Waals surface area contributed by atoms with Gasteiger partial charge < -0.3 is 14.8 Å². The van der Waals surface area contributed by atoms with Gasteiger partial charge in [-0.2, -0.15) is 0 Å². The number of nitrogens with one attached hydrogen (secondary N) is 2. The van der Waals surface area contributed by atoms with Crippen LogP contribution < -0.4 is 10.9 Å². The van der Waals surface area contributed by atoms with E-state index in [1.165, 1.54) is 12.1 Å². The van der Waals surface area contributed by atoms with Crippen LogP contribution in [0.25, 0.3) is 0 Å². The zero-order valence-electron chi connectivity index (χ0n) is 12.6. The van der Waals surface area contributed by atoms with Gasteiger partial charge in [0.15, 0.2) is 0 Å². The van der Waals surface area contributed by atoms with Gasteiger partial charge in [-0.1, -0.05) is 12.1 Å². The molecule has 0 aliphatic carbocycles. The maximum absolute atomic E-state index is 12.1. The summed E-state index contributed by atoms with van der Waals surface area (Å²) in [7, 11) is 0. The average Bonchev–Trinajstić information content (AvgIpc) is 2.75. The Labute approximate surface area is 122 Å². The van der Waals surface area contributed by atoms with E-state index in [9.17, 15) is 9.59 Å². The Hall–Kier alpha value is -2.37. The van der Waals surface area contributed by atoms with Crippen LogP contribution in [0.5, 0.6) is 0 Å². The molecule has 21 heavy (non-hydrogen) atoms. The van der Waals surface area contributed by atoms with Crippen molar-refractivity contribution in [1.82, 2.24) is 15.5 Å². The molecule has 0 aliphatic rings. The molecular formula is C15H19N3O3. The SMILES string of the molecule is Cc1noc(C)c1[C@H](C)CNC(=O)c1ccc(=O)[nH]c1C. The van der Waals surface area contributed by atoms with Crippen LogP contribution in [0.4, 0.5) is 0 Å². The molecule has 0 spiro atoms. The molecule has 6 heteroatoms. The number of aromatic nitrogens is 2. The molecule has 1 atom stereocenters. The smallest absolute Gasteiger partial charge is 0.253 e. The van der Waals surface area contributed by atoms with E-state index in [1.807, 2.05) is 20.8 Å². The quantitative estimate of drug-likeness (QED) is 0.898. The first-order chi connectivity index (χ1) is 9.90. The van der Waals surface area contributed by atoms with Crippen molar-refractivity contribution in [2.24, 2.45) is 0 Å². The molecule has 112 valence electrons. The van der Waals surface area contributed by atoms with Crippen LogP contribution in [0, 0.1) is 20.8 Å². The molecule has 2 N–H and O–H groups in total. The molecule has 0 aliphatic heterocycles. The van der Waals surface area contributed by atoms with Gasteiger partial charge in [-0.25, -0.2) is 0 Å². The molecule has 2 rings (SSSR count). The first kappa shape index (κ1) is 15.0. The van der Waals surface area contributed by atoms with Crippen LogP contribution in [-0.2, 0) is 0 Å². The van der Waals surface area contributed by atoms with Gasteiger partial charge in [-0.3, -0.25) is 9.59 Å². The lowest BCUT2D eigenvalue weighted by molar-refractivity contribution is 0.0950. The second-order valence-corrected chi connectivity index (χ2v) is 5.21. The molecule has 0 saturated carbocycles. The minimum absolute atomic E-state index is 0.100. The molecular weight excluding hydrogens is 270 g/mol. The second-order valence-electron chi connectivity index (χ2n) is 5.21. The lowest BCUT2D eigenvalue weighted by Crippen LogP contribution is -2.29. The van der Waals surface area contributed by atoms with Crippen LogP contribution in [0.15, 0.2) is 21.5 Å². The molecule has 6 nitrogen and oxygen atoms in total. The molecule has 0 saturated heterocycles. The van der Waals surface area contributed by atoms with Crippen molar-refractivity contribution in [1.29, 1.82) is 0 Å². The van der Waals surface area contributed by atoms with Crippen molar-refractivity contribution in [3.05, 3.63) is 50.8 Å². The predicted molar refractivity (Wildman–Crippen MR) is 78.5 cm³/mol. The largest absolute Gasteiger partial charge is 0.361 e. The van der Waals surface area contributed by atoms with Crippen molar-refractivity contribution >= 4 is 5.91 Å². The third-order valence-corrected chi connectivity index (χ3v) is 3.51. The fourth-order valence-electron chi connectivity index (χ4n) is 2.46. The summed E-state index contributed by atoms with van der Waals surface area (Å²) >= 11 is 0. The van der Waals surface area contributed by atoms with E-state index in [1.54, 1.807) is 6.92 Å². The number of carbonyl (C=O) groups is 1. The molecule has 2 heterocycles. The summed E-state index contributed by atoms with van der Waals surface area (Å²) in [6.45, 7) is 7.93. The van der Waals surface area contributed by atoms with Crippen LogP contribution in [0.3, 0.4) is 0 Å². The predicted octanol–water partition coefficient (Wildman–Crippen LogP) is 1.82. The molecule has 0 fully saturated rings. The number of aromatic amines is 1. The Kier molecular flexibility index (Phi) is 4.26. The van der Waals surface area contributed by atoms with E-state index in [-0.39, 0.29) is 17.4 Å². The molecule has 2 aromatic rings. The summed E-state index contributed by atoms with van der Waals surface area (Å²) in [6, 6.07) is 2.88. The van der Waals surface area contributed by atoms with Gasteiger partial charge in [0.2, 0.25) is 5.56 Å². The van der Waals surface area contributed by atoms with Crippen molar-refractivity contribution in [3.8, 4) is 0 Å². The first-order valence-electron chi connectivity index (χ1n) is 6.81. The molecule has 0 radical (unpaired) electrons. The van der Waals surface area contributed by atoms with Crippen LogP contribution >= 0.6 is 0 Å². The number of H-pyrrole nitrogens is 1. The fraction of sp³-hybridized carbons (Fsp3) is 0.400. The lowest BCUT2D eigenvalue weighted by Gasteiger charge is -2.13. The Balaban J connectivity index is 2.06. The van der Waals surface area contributed by atoms with Gasteiger partial charge in [0.1, 0.15) is 5.76 Å². The number of amides is 1. The van der Waals surface area contributed by atoms with Gasteiger partial charge in [0.25, 0.3) is 5.91 Å². The monoisotopic (exact) mass is 289 g/mol. The maximum atomic E-state index is 12.1. The van der Waals surface area contributed by atoms with Crippen LogP contribution in [0.2, 0.25) is 0 Å². The lowest BCUT2D eigenvalue weighted by atomic mass is 9.99. The summed E-state index contributed by atoms with van der Waals surface area (Å²) < 4.78 is 5.14. The van der Waals surface area contributed by atoms with Crippen molar-refractivity contribution in [2.45, 2.75) is 33.6 Å². The van der Waals surface area contributed by atoms with Crippen molar-refractivity contribution in [2.75, 3.05) is 6.54 Å². The minimum Gasteiger partial charge on any atom is -0.361 e. The number of hydrogen-bond acceptors (Lipinski definition) is 4. The molecule has 2 aromatic heterocycles. The van der Waals surface area contributed by atoms with Gasteiger partial charge in [-0.15, -0.1) is 0 Å². The Bertz CT molecular complexity index is 696. The van der Waals surface area contributed by atoms with E-state index in [0.29, 0.717) is 17.8 Å². The first-order valence-corrected chi connectivity index (χ1v) is 6.81. The van der Waals surface area contributed by atoms with Crippen molar-refractivity contribution < 1.29 is 9.32 Å². The standard InChI is InChI=1S/C15H19N3O3/c1-8(14-10(3)18-21-11(14)4)7-16-15(20)12-5-6-13(19)17-9(12)2/h5-6,8H,7H2,1-4H3,(H,16,20)(H,17,19)/t8-/m1/s1. The minimum atomic E-state index is -0.215. The van der Waals surface area contributed by atoms with E-state index in [2.05, 4.69) is 15.5 Å². The summed E-state index contributed by atoms with van der Waals surface area (Å²) in [5, 5.41) is 6.79. The number of nitrogens with zero attached hydrogens (tertiary/aromatic N) is 1. The Morgan fingerprint density at radius 1 is 1.38 bits per heavy atom. The summed E-state index contributed by atoms with van der Waals surface area (Å²) in [4.78, 5) is 25.9. The highest BCUT2D eigenvalue weighted by atomic mass is 16.5. The number of aryl methyl sites for hydroxylation is 3. The average molecular weight is 289 g/mol. The third-order valence-electron chi connectivity index (χ3n) is 3.51. The van der Waals surface area contributed by atoms with E-state index < -0.39 is 0 Å². The van der Waals surface area contributed by atoms with Gasteiger partial charge in [0, 0.05) is 29.8 Å². The Morgan fingerprint density at radius 3 is 2.67 bits per heavy atom. The zero-order valence-corrected chi connectivity index (χ0v) is 12.6. The third kappa shape index (κ3) is 3.21. The molecule has 0 unspecified atom stereocenters. The summed E-state index contributed by atoms with van der Waals surface area (Å²) in [5.74, 6) is 0.667. The zero-order chi connectivity index (χ0) is 15.6. The van der Waals surface area contributed by atoms with Gasteiger partial charge >= 0.3 is 0 Å². The highest BCUT2D eigenvalue weighted by Gasteiger charge is 2.18. The van der Waals surface area contributed by atoms with E-state index in [4.69, 9.17) is 4.52 Å². The van der Waals surface area contributed by atoms with E-state index in [0.717, 1.165) is 17.0 Å². The van der Waals surface area contributed by atoms with Gasteiger partial charge in [-0.05, 0) is 26.8 Å². The number of pyridine rings is 1. The topological polar surface area (TPSA) is 88.0 Å². The van der Waals surface area contributed by atoms with Crippen LogP contribution in [-0.4, -0.2) is 22.6 Å². The highest BCUT2D eigenvalue weighted by molar-refractivity contribution is 5.95. The Morgan fingerprint density at radius 2 is 2.10 bits per heavy atom. The molecule has 0 bridgehead atoms. The fourth-order valence-corrected chi connectivity index (χ4v) is 2.46. The molecule has 0 aromatic carbocycles. The highest BCUT2D eigenvalue weighted by Crippen LogP contribution is 2.22. The summed E-state index contributed by atoms with van der Waals surface area (Å²) in [5.41, 5.74) is 2.68. The summed E-state index contributed by atoms with van der Waals surface area (Å²) in [6.07, 6.45) is 0. The van der Waals surface area contributed by atoms with Crippen LogP contribution in [0.1, 0.15) is 45.9 Å². The number of hydrogen-bond donors (Lipinski definition) is 2. The normalized spacial score (nSPS) is 12.2. The second kappa shape index (κ2) is 5.95. The van der Waals surface area contributed by atoms with Gasteiger partial charge in [0.05, 0.1) is 11.3 Å². The maximum Gasteiger partial charge on any atom is 0.253 e. The van der Waals surface area contributed by atoms with Crippen molar-refractivity contribution in [3.63, 3.8) is 0 Å².